The van der Waals surface area contributed by atoms with E-state index in [1.54, 1.807) is 0 Å². The van der Waals surface area contributed by atoms with E-state index in [1.807, 2.05) is 31.7 Å². The van der Waals surface area contributed by atoms with Crippen LogP contribution in [-0.4, -0.2) is 48.1 Å². The fraction of sp³-hybridized carbons (Fsp3) is 0.722. The summed E-state index contributed by atoms with van der Waals surface area (Å²) in [7, 11) is 0. The molecule has 2 fully saturated rings. The second-order valence-corrected chi connectivity index (χ2v) is 7.00. The third kappa shape index (κ3) is 3.71. The maximum atomic E-state index is 12.5. The lowest BCUT2D eigenvalue weighted by atomic mass is 10.0. The van der Waals surface area contributed by atoms with E-state index in [4.69, 9.17) is 4.42 Å². The molecule has 0 bridgehead atoms. The van der Waals surface area contributed by atoms with Gasteiger partial charge in [-0.15, -0.1) is 0 Å². The Morgan fingerprint density at radius 2 is 1.87 bits per heavy atom. The van der Waals surface area contributed by atoms with Gasteiger partial charge in [0.25, 0.3) is 0 Å². The van der Waals surface area contributed by atoms with Crippen LogP contribution in [0.3, 0.4) is 0 Å². The molecule has 1 aromatic rings. The van der Waals surface area contributed by atoms with E-state index in [-0.39, 0.29) is 12.1 Å². The molecule has 0 radical (unpaired) electrons. The van der Waals surface area contributed by atoms with Gasteiger partial charge in [0.1, 0.15) is 11.5 Å². The molecule has 0 saturated carbocycles. The number of piperidine rings is 1. The van der Waals surface area contributed by atoms with Crippen LogP contribution in [0.1, 0.15) is 55.7 Å². The van der Waals surface area contributed by atoms with Crippen molar-refractivity contribution in [3.8, 4) is 0 Å². The van der Waals surface area contributed by atoms with Crippen LogP contribution in [0.5, 0.6) is 0 Å². The van der Waals surface area contributed by atoms with E-state index in [0.29, 0.717) is 6.04 Å². The molecule has 0 aromatic carbocycles. The number of nitrogens with one attached hydrogen (secondary N) is 1. The zero-order chi connectivity index (χ0) is 16.4. The van der Waals surface area contributed by atoms with Gasteiger partial charge in [-0.1, -0.05) is 0 Å². The molecule has 1 atom stereocenters. The lowest BCUT2D eigenvalue weighted by Crippen LogP contribution is -2.49. The Hall–Kier alpha value is -1.49. The molecule has 2 amide bonds. The number of hydrogen-bond donors (Lipinski definition) is 1. The number of urea groups is 1. The lowest BCUT2D eigenvalue weighted by molar-refractivity contribution is 0.132. The van der Waals surface area contributed by atoms with Crippen LogP contribution in [-0.2, 0) is 0 Å². The van der Waals surface area contributed by atoms with E-state index >= 15 is 0 Å². The van der Waals surface area contributed by atoms with Crippen LogP contribution in [0.15, 0.2) is 10.5 Å². The summed E-state index contributed by atoms with van der Waals surface area (Å²) in [6.45, 7) is 10.1. The predicted octanol–water partition coefficient (Wildman–Crippen LogP) is 3.23. The van der Waals surface area contributed by atoms with Gasteiger partial charge in [-0.3, -0.25) is 0 Å². The normalized spacial score (nSPS) is 21.6. The number of furan rings is 1. The summed E-state index contributed by atoms with van der Waals surface area (Å²) in [5.41, 5.74) is 1.07. The number of carbonyl (C=O) groups is 1. The Morgan fingerprint density at radius 1 is 1.22 bits per heavy atom. The molecule has 0 aliphatic carbocycles. The zero-order valence-corrected chi connectivity index (χ0v) is 14.6. The van der Waals surface area contributed by atoms with E-state index < -0.39 is 0 Å². The van der Waals surface area contributed by atoms with Crippen LogP contribution in [0.25, 0.3) is 0 Å². The van der Waals surface area contributed by atoms with Gasteiger partial charge in [-0.25, -0.2) is 4.79 Å². The van der Waals surface area contributed by atoms with Crippen LogP contribution >= 0.6 is 0 Å². The first-order chi connectivity index (χ1) is 11.0. The van der Waals surface area contributed by atoms with Gasteiger partial charge in [0.05, 0.1) is 6.04 Å². The van der Waals surface area contributed by atoms with Gasteiger partial charge in [0, 0.05) is 24.7 Å². The highest BCUT2D eigenvalue weighted by molar-refractivity contribution is 5.74. The van der Waals surface area contributed by atoms with Gasteiger partial charge < -0.3 is 19.5 Å². The Balaban J connectivity index is 1.50. The highest BCUT2D eigenvalue weighted by Crippen LogP contribution is 2.23. The van der Waals surface area contributed by atoms with Gasteiger partial charge in [-0.2, -0.15) is 0 Å². The number of carbonyl (C=O) groups excluding carboxylic acids is 1. The number of rotatable bonds is 3. The molecule has 1 unspecified atom stereocenters. The lowest BCUT2D eigenvalue weighted by Gasteiger charge is -2.37. The van der Waals surface area contributed by atoms with E-state index in [2.05, 4.69) is 10.2 Å². The largest absolute Gasteiger partial charge is 0.466 e. The number of hydrogen-bond acceptors (Lipinski definition) is 3. The van der Waals surface area contributed by atoms with Crippen molar-refractivity contribution in [3.63, 3.8) is 0 Å². The SMILES string of the molecule is Cc1cc(C(C)NC(=O)N2CCC(N3CCCC3)CC2)c(C)o1. The van der Waals surface area contributed by atoms with Crippen LogP contribution in [0.4, 0.5) is 4.79 Å². The maximum Gasteiger partial charge on any atom is 0.317 e. The third-order valence-electron chi connectivity index (χ3n) is 5.29. The molecule has 3 heterocycles. The molecular weight excluding hydrogens is 290 g/mol. The van der Waals surface area contributed by atoms with Crippen molar-refractivity contribution < 1.29 is 9.21 Å². The average molecular weight is 319 g/mol. The van der Waals surface area contributed by atoms with Crippen LogP contribution < -0.4 is 5.32 Å². The molecule has 5 heteroatoms. The standard InChI is InChI=1S/C18H29N3O2/c1-13-12-17(15(3)23-13)14(2)19-18(22)21-10-6-16(7-11-21)20-8-4-5-9-20/h12,14,16H,4-11H2,1-3H3,(H,19,22). The Bertz CT molecular complexity index is 540. The highest BCUT2D eigenvalue weighted by atomic mass is 16.3. The first-order valence-corrected chi connectivity index (χ1v) is 8.91. The monoisotopic (exact) mass is 319 g/mol. The third-order valence-corrected chi connectivity index (χ3v) is 5.29. The molecule has 2 saturated heterocycles. The number of likely N-dealkylation sites (tertiary alicyclic amines) is 2. The molecule has 1 aromatic heterocycles. The van der Waals surface area contributed by atoms with E-state index in [9.17, 15) is 4.79 Å². The summed E-state index contributed by atoms with van der Waals surface area (Å²) < 4.78 is 5.56. The predicted molar refractivity (Wildman–Crippen MR) is 90.5 cm³/mol. The molecule has 0 spiro atoms. The van der Waals surface area contributed by atoms with E-state index in [1.165, 1.54) is 25.9 Å². The molecule has 128 valence electrons. The first-order valence-electron chi connectivity index (χ1n) is 8.91. The summed E-state index contributed by atoms with van der Waals surface area (Å²) in [4.78, 5) is 17.1. The summed E-state index contributed by atoms with van der Waals surface area (Å²) in [5, 5.41) is 3.12. The maximum absolute atomic E-state index is 12.5. The summed E-state index contributed by atoms with van der Waals surface area (Å²) >= 11 is 0. The quantitative estimate of drug-likeness (QED) is 0.930. The first kappa shape index (κ1) is 16.4. The van der Waals surface area contributed by atoms with Crippen LogP contribution in [0.2, 0.25) is 0 Å². The van der Waals surface area contributed by atoms with Crippen LogP contribution in [0, 0.1) is 13.8 Å². The fourth-order valence-corrected chi connectivity index (χ4v) is 3.98. The van der Waals surface area contributed by atoms with Crippen molar-refractivity contribution in [2.45, 2.75) is 58.5 Å². The molecule has 3 rings (SSSR count). The summed E-state index contributed by atoms with van der Waals surface area (Å²) in [5.74, 6) is 1.79. The molecular formula is C18H29N3O2. The molecule has 2 aliphatic rings. The minimum absolute atomic E-state index is 0.0174. The summed E-state index contributed by atoms with van der Waals surface area (Å²) in [6, 6.07) is 2.73. The van der Waals surface area contributed by atoms with Gasteiger partial charge >= 0.3 is 6.03 Å². The Labute approximate surface area is 139 Å². The van der Waals surface area contributed by atoms with Gasteiger partial charge in [-0.05, 0) is 65.6 Å². The van der Waals surface area contributed by atoms with E-state index in [0.717, 1.165) is 43.0 Å². The minimum atomic E-state index is -0.0174. The van der Waals surface area contributed by atoms with Crippen molar-refractivity contribution >= 4 is 6.03 Å². The van der Waals surface area contributed by atoms with Crippen molar-refractivity contribution in [3.05, 3.63) is 23.2 Å². The summed E-state index contributed by atoms with van der Waals surface area (Å²) in [6.07, 6.45) is 4.88. The number of amides is 2. The van der Waals surface area contributed by atoms with Gasteiger partial charge in [0.2, 0.25) is 0 Å². The number of nitrogens with zero attached hydrogens (tertiary/aromatic N) is 2. The Morgan fingerprint density at radius 3 is 2.43 bits per heavy atom. The smallest absolute Gasteiger partial charge is 0.317 e. The van der Waals surface area contributed by atoms with Crippen molar-refractivity contribution in [1.29, 1.82) is 0 Å². The minimum Gasteiger partial charge on any atom is -0.466 e. The highest BCUT2D eigenvalue weighted by Gasteiger charge is 2.28. The second kappa shape index (κ2) is 6.95. The average Bonchev–Trinajstić information content (AvgIpc) is 3.17. The van der Waals surface area contributed by atoms with Gasteiger partial charge in [0.15, 0.2) is 0 Å². The van der Waals surface area contributed by atoms with Crippen molar-refractivity contribution in [2.75, 3.05) is 26.2 Å². The zero-order valence-electron chi connectivity index (χ0n) is 14.6. The second-order valence-electron chi connectivity index (χ2n) is 7.00. The molecule has 5 nitrogen and oxygen atoms in total. The van der Waals surface area contributed by atoms with Crippen molar-refractivity contribution in [2.24, 2.45) is 0 Å². The molecule has 1 N–H and O–H groups in total. The molecule has 23 heavy (non-hydrogen) atoms. The molecule has 2 aliphatic heterocycles. The topological polar surface area (TPSA) is 48.7 Å². The Kier molecular flexibility index (Phi) is 4.95. The fourth-order valence-electron chi connectivity index (χ4n) is 3.98. The number of aryl methyl sites for hydroxylation is 2. The van der Waals surface area contributed by atoms with Crippen molar-refractivity contribution in [1.82, 2.24) is 15.1 Å².